The predicted octanol–water partition coefficient (Wildman–Crippen LogP) is 3.34. The van der Waals surface area contributed by atoms with E-state index < -0.39 is 0 Å². The zero-order valence-corrected chi connectivity index (χ0v) is 12.9. The van der Waals surface area contributed by atoms with E-state index in [1.54, 1.807) is 13.3 Å². The second-order valence-electron chi connectivity index (χ2n) is 6.48. The first-order valence-corrected chi connectivity index (χ1v) is 7.16. The van der Waals surface area contributed by atoms with E-state index in [4.69, 9.17) is 4.74 Å². The minimum atomic E-state index is 0.00647. The number of aromatic nitrogens is 2. The van der Waals surface area contributed by atoms with Crippen LogP contribution in [0, 0.1) is 12.3 Å². The van der Waals surface area contributed by atoms with E-state index in [1.165, 1.54) is 0 Å². The summed E-state index contributed by atoms with van der Waals surface area (Å²) in [5, 5.41) is 0. The molecular formula is C17H20N2O2. The number of carbonyl (C=O) groups excluding carboxylic acids is 1. The van der Waals surface area contributed by atoms with Crippen molar-refractivity contribution in [1.82, 2.24) is 9.55 Å². The normalized spacial score (nSPS) is 16.7. The Labute approximate surface area is 124 Å². The predicted molar refractivity (Wildman–Crippen MR) is 81.3 cm³/mol. The molecule has 0 bridgehead atoms. The number of rotatable bonds is 2. The van der Waals surface area contributed by atoms with Gasteiger partial charge in [0.2, 0.25) is 5.88 Å². The number of pyridine rings is 1. The maximum Gasteiger partial charge on any atom is 0.213 e. The first kappa shape index (κ1) is 13.9. The van der Waals surface area contributed by atoms with Crippen molar-refractivity contribution in [3.05, 3.63) is 41.3 Å². The number of aryl methyl sites for hydroxylation is 1. The van der Waals surface area contributed by atoms with Crippen LogP contribution in [0.3, 0.4) is 0 Å². The van der Waals surface area contributed by atoms with E-state index in [-0.39, 0.29) is 11.2 Å². The summed E-state index contributed by atoms with van der Waals surface area (Å²) in [6.45, 7) is 6.32. The molecule has 4 nitrogen and oxygen atoms in total. The van der Waals surface area contributed by atoms with E-state index in [0.29, 0.717) is 12.3 Å². The molecule has 0 saturated carbocycles. The summed E-state index contributed by atoms with van der Waals surface area (Å²) in [5.41, 5.74) is 4.01. The summed E-state index contributed by atoms with van der Waals surface area (Å²) in [7, 11) is 1.60. The maximum absolute atomic E-state index is 12.3. The van der Waals surface area contributed by atoms with Gasteiger partial charge in [0, 0.05) is 29.4 Å². The van der Waals surface area contributed by atoms with E-state index in [1.807, 2.05) is 25.1 Å². The Balaban J connectivity index is 2.13. The molecule has 21 heavy (non-hydrogen) atoms. The smallest absolute Gasteiger partial charge is 0.213 e. The molecule has 0 fully saturated rings. The van der Waals surface area contributed by atoms with E-state index in [0.717, 1.165) is 29.1 Å². The summed E-state index contributed by atoms with van der Waals surface area (Å²) in [4.78, 5) is 16.6. The van der Waals surface area contributed by atoms with Gasteiger partial charge in [-0.1, -0.05) is 13.8 Å². The van der Waals surface area contributed by atoms with Crippen LogP contribution >= 0.6 is 0 Å². The Morgan fingerprint density at radius 1 is 1.29 bits per heavy atom. The number of ketones is 1. The zero-order valence-electron chi connectivity index (χ0n) is 12.9. The monoisotopic (exact) mass is 284 g/mol. The molecule has 1 aliphatic rings. The van der Waals surface area contributed by atoms with Crippen molar-refractivity contribution in [1.29, 1.82) is 0 Å². The van der Waals surface area contributed by atoms with Crippen LogP contribution in [-0.2, 0) is 6.42 Å². The van der Waals surface area contributed by atoms with Crippen molar-refractivity contribution in [3.8, 4) is 11.6 Å². The molecule has 0 radical (unpaired) electrons. The maximum atomic E-state index is 12.3. The molecule has 4 heteroatoms. The number of ether oxygens (including phenoxy) is 1. The first-order chi connectivity index (χ1) is 9.91. The highest BCUT2D eigenvalue weighted by atomic mass is 16.5. The third kappa shape index (κ3) is 2.35. The fourth-order valence-electron chi connectivity index (χ4n) is 3.14. The zero-order chi connectivity index (χ0) is 15.2. The molecule has 2 aromatic rings. The number of nitrogens with zero attached hydrogens (tertiary/aromatic N) is 2. The van der Waals surface area contributed by atoms with Crippen molar-refractivity contribution in [2.45, 2.75) is 33.6 Å². The summed E-state index contributed by atoms with van der Waals surface area (Å²) >= 11 is 0. The van der Waals surface area contributed by atoms with Crippen LogP contribution in [0.4, 0.5) is 0 Å². The minimum Gasteiger partial charge on any atom is -0.481 e. The molecule has 0 amide bonds. The molecule has 0 spiro atoms. The summed E-state index contributed by atoms with van der Waals surface area (Å²) in [6, 6.07) is 5.82. The van der Waals surface area contributed by atoms with Gasteiger partial charge in [-0.15, -0.1) is 0 Å². The topological polar surface area (TPSA) is 44.1 Å². The molecule has 3 rings (SSSR count). The largest absolute Gasteiger partial charge is 0.481 e. The van der Waals surface area contributed by atoms with E-state index in [2.05, 4.69) is 23.4 Å². The van der Waals surface area contributed by atoms with Crippen molar-refractivity contribution < 1.29 is 9.53 Å². The Kier molecular flexibility index (Phi) is 3.12. The number of Topliss-reactive ketones (excluding diaryl/α,β-unsaturated/α-hetero) is 1. The Morgan fingerprint density at radius 3 is 2.67 bits per heavy atom. The second-order valence-corrected chi connectivity index (χ2v) is 6.48. The first-order valence-electron chi connectivity index (χ1n) is 7.16. The van der Waals surface area contributed by atoms with E-state index in [9.17, 15) is 4.79 Å². The molecule has 2 heterocycles. The van der Waals surface area contributed by atoms with Gasteiger partial charge in [0.1, 0.15) is 0 Å². The van der Waals surface area contributed by atoms with Gasteiger partial charge in [0.05, 0.1) is 19.0 Å². The molecule has 0 saturated heterocycles. The van der Waals surface area contributed by atoms with Gasteiger partial charge in [-0.2, -0.15) is 0 Å². The lowest BCUT2D eigenvalue weighted by Gasteiger charge is -2.29. The summed E-state index contributed by atoms with van der Waals surface area (Å²) in [5.74, 6) is 0.832. The minimum absolute atomic E-state index is 0.00647. The third-order valence-electron chi connectivity index (χ3n) is 4.06. The number of hydrogen-bond donors (Lipinski definition) is 0. The van der Waals surface area contributed by atoms with Crippen LogP contribution in [0.15, 0.2) is 24.4 Å². The molecule has 0 unspecified atom stereocenters. The molecule has 0 atom stereocenters. The molecule has 0 N–H and O–H groups in total. The molecular weight excluding hydrogens is 264 g/mol. The number of hydrogen-bond acceptors (Lipinski definition) is 3. The van der Waals surface area contributed by atoms with Crippen LogP contribution in [0.25, 0.3) is 5.69 Å². The number of fused-ring (bicyclic) bond motifs is 1. The average Bonchev–Trinajstić information content (AvgIpc) is 2.74. The van der Waals surface area contributed by atoms with Crippen LogP contribution in [0.1, 0.15) is 42.0 Å². The number of carbonyl (C=O) groups is 1. The highest BCUT2D eigenvalue weighted by Gasteiger charge is 2.34. The van der Waals surface area contributed by atoms with E-state index >= 15 is 0 Å². The van der Waals surface area contributed by atoms with Gasteiger partial charge in [-0.05, 0) is 30.9 Å². The van der Waals surface area contributed by atoms with Crippen molar-refractivity contribution in [3.63, 3.8) is 0 Å². The van der Waals surface area contributed by atoms with Gasteiger partial charge >= 0.3 is 0 Å². The van der Waals surface area contributed by atoms with Gasteiger partial charge in [0.15, 0.2) is 5.78 Å². The lowest BCUT2D eigenvalue weighted by molar-refractivity contribution is 0.0911. The van der Waals surface area contributed by atoms with Crippen molar-refractivity contribution in [2.24, 2.45) is 5.41 Å². The fraction of sp³-hybridized carbons (Fsp3) is 0.412. The molecule has 0 aromatic carbocycles. The average molecular weight is 284 g/mol. The third-order valence-corrected chi connectivity index (χ3v) is 4.06. The highest BCUT2D eigenvalue weighted by Crippen LogP contribution is 2.37. The Hall–Kier alpha value is -2.10. The van der Waals surface area contributed by atoms with Gasteiger partial charge in [-0.25, -0.2) is 4.98 Å². The molecule has 2 aromatic heterocycles. The standard InChI is InChI=1S/C17H20N2O2/c1-11-7-13-14(8-17(2,3)9-15(13)20)19(11)12-5-6-16(21-4)18-10-12/h5-7,10H,8-9H2,1-4H3. The quantitative estimate of drug-likeness (QED) is 0.849. The van der Waals surface area contributed by atoms with Crippen LogP contribution < -0.4 is 4.74 Å². The highest BCUT2D eigenvalue weighted by molar-refractivity contribution is 5.99. The SMILES string of the molecule is COc1ccc(-n2c(C)cc3c2CC(C)(C)CC3=O)cn1. The molecule has 110 valence electrons. The summed E-state index contributed by atoms with van der Waals surface area (Å²) < 4.78 is 7.24. The van der Waals surface area contributed by atoms with Crippen LogP contribution in [0.2, 0.25) is 0 Å². The fourth-order valence-corrected chi connectivity index (χ4v) is 3.14. The lowest BCUT2D eigenvalue weighted by Crippen LogP contribution is -2.27. The van der Waals surface area contributed by atoms with Gasteiger partial charge in [0.25, 0.3) is 0 Å². The van der Waals surface area contributed by atoms with Gasteiger partial charge < -0.3 is 9.30 Å². The number of methoxy groups -OCH3 is 1. The lowest BCUT2D eigenvalue weighted by atomic mass is 9.76. The van der Waals surface area contributed by atoms with Crippen molar-refractivity contribution >= 4 is 5.78 Å². The molecule has 0 aliphatic heterocycles. The Bertz CT molecular complexity index is 696. The second kappa shape index (κ2) is 4.72. The van der Waals surface area contributed by atoms with Gasteiger partial charge in [-0.3, -0.25) is 4.79 Å². The van der Waals surface area contributed by atoms with Crippen LogP contribution in [0.5, 0.6) is 5.88 Å². The Morgan fingerprint density at radius 2 is 2.05 bits per heavy atom. The molecule has 1 aliphatic carbocycles. The van der Waals surface area contributed by atoms with Crippen LogP contribution in [-0.4, -0.2) is 22.4 Å². The summed E-state index contributed by atoms with van der Waals surface area (Å²) in [6.07, 6.45) is 3.30. The van der Waals surface area contributed by atoms with Crippen molar-refractivity contribution in [2.75, 3.05) is 7.11 Å².